The van der Waals surface area contributed by atoms with Gasteiger partial charge in [-0.05, 0) is 37.1 Å². The molecule has 0 spiro atoms. The van der Waals surface area contributed by atoms with Crippen molar-refractivity contribution in [1.29, 1.82) is 0 Å². The molecule has 0 aliphatic rings. The predicted molar refractivity (Wildman–Crippen MR) is 91.4 cm³/mol. The maximum absolute atomic E-state index is 5.88. The molecule has 1 heterocycles. The Morgan fingerprint density at radius 1 is 1.27 bits per heavy atom. The van der Waals surface area contributed by atoms with Gasteiger partial charge in [-0.2, -0.15) is 5.10 Å². The van der Waals surface area contributed by atoms with Crippen LogP contribution in [0.2, 0.25) is 5.02 Å². The third-order valence-electron chi connectivity index (χ3n) is 3.12. The Hall–Kier alpha value is -2.01. The van der Waals surface area contributed by atoms with Gasteiger partial charge < -0.3 is 10.6 Å². The van der Waals surface area contributed by atoms with Crippen molar-refractivity contribution in [1.82, 2.24) is 20.4 Å². The van der Waals surface area contributed by atoms with Crippen LogP contribution in [0.3, 0.4) is 0 Å². The van der Waals surface area contributed by atoms with Crippen LogP contribution in [-0.4, -0.2) is 35.4 Å². The van der Waals surface area contributed by atoms with Crippen molar-refractivity contribution in [2.45, 2.75) is 19.9 Å². The second kappa shape index (κ2) is 9.10. The highest BCUT2D eigenvalue weighted by molar-refractivity contribution is 6.30. The number of nitrogens with zero attached hydrogens (tertiary/aromatic N) is 3. The zero-order valence-corrected chi connectivity index (χ0v) is 13.6. The number of rotatable bonds is 7. The van der Waals surface area contributed by atoms with E-state index in [9.17, 15) is 0 Å². The van der Waals surface area contributed by atoms with Crippen LogP contribution in [0.1, 0.15) is 12.5 Å². The predicted octanol–water partition coefficient (Wildman–Crippen LogP) is 2.33. The molecule has 0 aliphatic heterocycles. The first kappa shape index (κ1) is 16.4. The molecule has 0 amide bonds. The van der Waals surface area contributed by atoms with Crippen LogP contribution in [0.15, 0.2) is 47.7 Å². The van der Waals surface area contributed by atoms with Crippen LogP contribution >= 0.6 is 11.6 Å². The first-order chi connectivity index (χ1) is 10.8. The second-order valence-corrected chi connectivity index (χ2v) is 5.27. The minimum atomic E-state index is 0.735. The van der Waals surface area contributed by atoms with Gasteiger partial charge in [-0.3, -0.25) is 9.67 Å². The van der Waals surface area contributed by atoms with E-state index in [4.69, 9.17) is 11.6 Å². The molecule has 0 radical (unpaired) electrons. The van der Waals surface area contributed by atoms with E-state index in [2.05, 4.69) is 27.6 Å². The van der Waals surface area contributed by atoms with Gasteiger partial charge in [0, 0.05) is 37.1 Å². The van der Waals surface area contributed by atoms with Crippen LogP contribution in [0.5, 0.6) is 0 Å². The summed E-state index contributed by atoms with van der Waals surface area (Å²) in [5, 5.41) is 11.5. The number of benzene rings is 1. The van der Waals surface area contributed by atoms with Crippen LogP contribution in [0, 0.1) is 0 Å². The van der Waals surface area contributed by atoms with Gasteiger partial charge in [-0.25, -0.2) is 0 Å². The van der Waals surface area contributed by atoms with E-state index in [1.165, 1.54) is 5.56 Å². The van der Waals surface area contributed by atoms with Crippen molar-refractivity contribution in [2.24, 2.45) is 4.99 Å². The van der Waals surface area contributed by atoms with Crippen LogP contribution in [-0.2, 0) is 13.0 Å². The summed E-state index contributed by atoms with van der Waals surface area (Å²) in [6, 6.07) is 9.82. The summed E-state index contributed by atoms with van der Waals surface area (Å²) in [6.07, 6.45) is 4.63. The number of hydrogen-bond acceptors (Lipinski definition) is 2. The van der Waals surface area contributed by atoms with Gasteiger partial charge in [0.25, 0.3) is 0 Å². The standard InChI is InChI=1S/C16H22ClN5/c1-2-18-16(20-11-13-22-12-3-9-21-22)19-10-8-14-4-6-15(17)7-5-14/h3-7,9,12H,2,8,10-11,13H2,1H3,(H2,18,19,20). The van der Waals surface area contributed by atoms with Crippen molar-refractivity contribution in [3.8, 4) is 0 Å². The molecule has 1 aromatic carbocycles. The summed E-state index contributed by atoms with van der Waals surface area (Å²) < 4.78 is 1.89. The van der Waals surface area contributed by atoms with E-state index in [1.807, 2.05) is 41.2 Å². The van der Waals surface area contributed by atoms with Crippen LogP contribution in [0.25, 0.3) is 0 Å². The topological polar surface area (TPSA) is 54.2 Å². The summed E-state index contributed by atoms with van der Waals surface area (Å²) in [6.45, 7) is 5.24. The number of aromatic nitrogens is 2. The molecule has 0 bridgehead atoms. The summed E-state index contributed by atoms with van der Waals surface area (Å²) in [7, 11) is 0. The zero-order valence-electron chi connectivity index (χ0n) is 12.8. The molecule has 2 N–H and O–H groups in total. The molecular formula is C16H22ClN5. The Morgan fingerprint density at radius 3 is 2.77 bits per heavy atom. The normalized spacial score (nSPS) is 11.5. The molecule has 0 saturated carbocycles. The SMILES string of the molecule is CCNC(=NCCc1ccc(Cl)cc1)NCCn1cccn1. The lowest BCUT2D eigenvalue weighted by Gasteiger charge is -2.11. The van der Waals surface area contributed by atoms with E-state index >= 15 is 0 Å². The molecule has 0 saturated heterocycles. The fraction of sp³-hybridized carbons (Fsp3) is 0.375. The summed E-state index contributed by atoms with van der Waals surface area (Å²) >= 11 is 5.88. The number of aliphatic imine (C=N–C) groups is 1. The van der Waals surface area contributed by atoms with Crippen molar-refractivity contribution in [2.75, 3.05) is 19.6 Å². The van der Waals surface area contributed by atoms with E-state index in [0.717, 1.165) is 43.6 Å². The number of guanidine groups is 1. The van der Waals surface area contributed by atoms with Gasteiger partial charge in [0.05, 0.1) is 6.54 Å². The molecule has 2 aromatic rings. The highest BCUT2D eigenvalue weighted by Crippen LogP contribution is 2.09. The van der Waals surface area contributed by atoms with Crippen molar-refractivity contribution >= 4 is 17.6 Å². The average molecular weight is 320 g/mol. The first-order valence-corrected chi connectivity index (χ1v) is 7.90. The number of hydrogen-bond donors (Lipinski definition) is 2. The van der Waals surface area contributed by atoms with E-state index in [-0.39, 0.29) is 0 Å². The van der Waals surface area contributed by atoms with Gasteiger partial charge in [-0.1, -0.05) is 23.7 Å². The molecule has 1 aromatic heterocycles. The summed E-state index contributed by atoms with van der Waals surface area (Å²) in [4.78, 5) is 4.58. The van der Waals surface area contributed by atoms with Crippen molar-refractivity contribution in [3.05, 3.63) is 53.3 Å². The molecule has 2 rings (SSSR count). The maximum atomic E-state index is 5.88. The second-order valence-electron chi connectivity index (χ2n) is 4.83. The highest BCUT2D eigenvalue weighted by atomic mass is 35.5. The molecule has 0 unspecified atom stereocenters. The largest absolute Gasteiger partial charge is 0.357 e. The third-order valence-corrected chi connectivity index (χ3v) is 3.37. The van der Waals surface area contributed by atoms with Gasteiger partial charge in [0.2, 0.25) is 0 Å². The molecule has 6 heteroatoms. The minimum Gasteiger partial charge on any atom is -0.357 e. The Bertz CT molecular complexity index is 563. The highest BCUT2D eigenvalue weighted by Gasteiger charge is 1.98. The molecule has 5 nitrogen and oxygen atoms in total. The Morgan fingerprint density at radius 2 is 2.09 bits per heavy atom. The van der Waals surface area contributed by atoms with E-state index in [0.29, 0.717) is 0 Å². The van der Waals surface area contributed by atoms with Crippen molar-refractivity contribution in [3.63, 3.8) is 0 Å². The Labute approximate surface area is 136 Å². The molecule has 22 heavy (non-hydrogen) atoms. The van der Waals surface area contributed by atoms with Crippen LogP contribution in [0.4, 0.5) is 0 Å². The smallest absolute Gasteiger partial charge is 0.191 e. The van der Waals surface area contributed by atoms with Crippen molar-refractivity contribution < 1.29 is 0 Å². The number of nitrogens with one attached hydrogen (secondary N) is 2. The molecular weight excluding hydrogens is 298 g/mol. The lowest BCUT2D eigenvalue weighted by atomic mass is 10.1. The van der Waals surface area contributed by atoms with E-state index < -0.39 is 0 Å². The molecule has 118 valence electrons. The lowest BCUT2D eigenvalue weighted by Crippen LogP contribution is -2.39. The third kappa shape index (κ3) is 5.77. The van der Waals surface area contributed by atoms with Crippen LogP contribution < -0.4 is 10.6 Å². The van der Waals surface area contributed by atoms with Gasteiger partial charge >= 0.3 is 0 Å². The first-order valence-electron chi connectivity index (χ1n) is 7.52. The summed E-state index contributed by atoms with van der Waals surface area (Å²) in [5.74, 6) is 0.837. The fourth-order valence-electron chi connectivity index (χ4n) is 2.01. The van der Waals surface area contributed by atoms with Gasteiger partial charge in [-0.15, -0.1) is 0 Å². The molecule has 0 fully saturated rings. The molecule has 0 atom stereocenters. The summed E-state index contributed by atoms with van der Waals surface area (Å²) in [5.41, 5.74) is 1.24. The van der Waals surface area contributed by atoms with E-state index in [1.54, 1.807) is 6.20 Å². The van der Waals surface area contributed by atoms with Gasteiger partial charge in [0.1, 0.15) is 0 Å². The minimum absolute atomic E-state index is 0.735. The fourth-order valence-corrected chi connectivity index (χ4v) is 2.14. The zero-order chi connectivity index (χ0) is 15.6. The maximum Gasteiger partial charge on any atom is 0.191 e. The number of halogens is 1. The van der Waals surface area contributed by atoms with Gasteiger partial charge in [0.15, 0.2) is 5.96 Å². The lowest BCUT2D eigenvalue weighted by molar-refractivity contribution is 0.598. The Kier molecular flexibility index (Phi) is 6.77. The average Bonchev–Trinajstić information content (AvgIpc) is 3.02. The monoisotopic (exact) mass is 319 g/mol. The molecule has 0 aliphatic carbocycles. The quantitative estimate of drug-likeness (QED) is 0.608. The Balaban J connectivity index is 1.77.